The van der Waals surface area contributed by atoms with Crippen LogP contribution in [0, 0.1) is 17.7 Å². The minimum atomic E-state index is -1.03. The van der Waals surface area contributed by atoms with Crippen LogP contribution in [-0.2, 0) is 17.9 Å². The molecule has 6 N–H and O–H groups in total. The number of benzene rings is 3. The second-order valence-electron chi connectivity index (χ2n) is 7.49. The Labute approximate surface area is 197 Å². The third-order valence-electron chi connectivity index (χ3n) is 4.99. The summed E-state index contributed by atoms with van der Waals surface area (Å²) in [4.78, 5) is 23.7. The largest absolute Gasteiger partial charge is 0.339 e. The summed E-state index contributed by atoms with van der Waals surface area (Å²) < 4.78 is 13.0. The van der Waals surface area contributed by atoms with E-state index in [1.165, 1.54) is 17.6 Å². The number of nitrogens with one attached hydrogen (secondary N) is 3. The molecule has 174 valence electrons. The smallest absolute Gasteiger partial charge is 0.267 e. The van der Waals surface area contributed by atoms with Crippen molar-refractivity contribution in [3.63, 3.8) is 0 Å². The van der Waals surface area contributed by atoms with E-state index in [9.17, 15) is 14.0 Å². The van der Waals surface area contributed by atoms with Crippen molar-refractivity contribution in [2.24, 2.45) is 5.73 Å². The molecular formula is C26H25FN4O3. The average Bonchev–Trinajstić information content (AvgIpc) is 2.87. The number of carbonyl (C=O) groups is 2. The van der Waals surface area contributed by atoms with Crippen molar-refractivity contribution in [1.29, 1.82) is 0 Å². The molecule has 0 radical (unpaired) electrons. The molecule has 0 spiro atoms. The Balaban J connectivity index is 1.52. The lowest BCUT2D eigenvalue weighted by Gasteiger charge is -2.14. The molecule has 3 rings (SSSR count). The van der Waals surface area contributed by atoms with Crippen molar-refractivity contribution in [3.05, 3.63) is 106 Å². The zero-order chi connectivity index (χ0) is 24.3. The summed E-state index contributed by atoms with van der Waals surface area (Å²) in [5.41, 5.74) is 10.9. The van der Waals surface area contributed by atoms with Crippen LogP contribution in [0.25, 0.3) is 0 Å². The van der Waals surface area contributed by atoms with Gasteiger partial charge in [-0.25, -0.2) is 9.87 Å². The quantitative estimate of drug-likeness (QED) is 0.201. The van der Waals surface area contributed by atoms with Gasteiger partial charge in [-0.05, 0) is 59.7 Å². The molecule has 0 aliphatic carbocycles. The van der Waals surface area contributed by atoms with Crippen LogP contribution in [0.5, 0.6) is 0 Å². The number of rotatable bonds is 8. The van der Waals surface area contributed by atoms with Gasteiger partial charge in [-0.1, -0.05) is 36.1 Å². The highest BCUT2D eigenvalue weighted by Gasteiger charge is 2.19. The van der Waals surface area contributed by atoms with Crippen LogP contribution in [0.4, 0.5) is 4.39 Å². The molecular weight excluding hydrogens is 435 g/mol. The van der Waals surface area contributed by atoms with Gasteiger partial charge in [-0.15, -0.1) is 0 Å². The molecule has 3 aromatic rings. The maximum atomic E-state index is 13.0. The number of halogens is 1. The first-order valence-electron chi connectivity index (χ1n) is 10.6. The van der Waals surface area contributed by atoms with Gasteiger partial charge in [0.15, 0.2) is 0 Å². The second-order valence-corrected chi connectivity index (χ2v) is 7.49. The van der Waals surface area contributed by atoms with Crippen LogP contribution >= 0.6 is 0 Å². The van der Waals surface area contributed by atoms with E-state index in [0.29, 0.717) is 18.7 Å². The summed E-state index contributed by atoms with van der Waals surface area (Å²) >= 11 is 0. The van der Waals surface area contributed by atoms with Crippen molar-refractivity contribution < 1.29 is 19.2 Å². The van der Waals surface area contributed by atoms with E-state index in [0.717, 1.165) is 22.3 Å². The molecule has 0 aliphatic heterocycles. The van der Waals surface area contributed by atoms with Crippen LogP contribution < -0.4 is 21.8 Å². The van der Waals surface area contributed by atoms with Gasteiger partial charge in [0, 0.05) is 36.3 Å². The van der Waals surface area contributed by atoms with Gasteiger partial charge < -0.3 is 16.4 Å². The summed E-state index contributed by atoms with van der Waals surface area (Å²) in [5, 5.41) is 14.4. The lowest BCUT2D eigenvalue weighted by atomic mass is 10.1. The number of hydroxylamine groups is 1. The predicted molar refractivity (Wildman–Crippen MR) is 126 cm³/mol. The average molecular weight is 461 g/mol. The molecule has 0 saturated carbocycles. The maximum absolute atomic E-state index is 13.0. The molecule has 0 fully saturated rings. The first-order valence-corrected chi connectivity index (χ1v) is 10.6. The lowest BCUT2D eigenvalue weighted by molar-refractivity contribution is -0.130. The van der Waals surface area contributed by atoms with E-state index in [-0.39, 0.29) is 12.4 Å². The van der Waals surface area contributed by atoms with Crippen molar-refractivity contribution in [2.45, 2.75) is 19.1 Å². The Morgan fingerprint density at radius 3 is 1.85 bits per heavy atom. The van der Waals surface area contributed by atoms with Gasteiger partial charge in [0.25, 0.3) is 11.8 Å². The number of hydrogen-bond acceptors (Lipinski definition) is 5. The molecule has 8 heteroatoms. The van der Waals surface area contributed by atoms with E-state index in [1.54, 1.807) is 36.4 Å². The molecule has 0 heterocycles. The Hall–Kier alpha value is -4.03. The van der Waals surface area contributed by atoms with Gasteiger partial charge in [0.05, 0.1) is 0 Å². The summed E-state index contributed by atoms with van der Waals surface area (Å²) in [5.74, 6) is 4.62. The van der Waals surface area contributed by atoms with Crippen LogP contribution in [0.1, 0.15) is 32.6 Å². The summed E-state index contributed by atoms with van der Waals surface area (Å²) in [7, 11) is 0. The molecule has 34 heavy (non-hydrogen) atoms. The molecule has 0 aromatic heterocycles. The number of nitrogens with two attached hydrogens (primary N) is 1. The molecule has 0 aliphatic rings. The number of amides is 2. The second kappa shape index (κ2) is 12.3. The third-order valence-corrected chi connectivity index (χ3v) is 4.99. The van der Waals surface area contributed by atoms with Crippen LogP contribution in [-0.4, -0.2) is 29.6 Å². The minimum Gasteiger partial charge on any atom is -0.339 e. The molecule has 0 bridgehead atoms. The standard InChI is InChI=1S/C26H25FN4O3/c27-23-13-9-21(10-14-23)17-29-16-20-5-3-18(4-6-20)1-2-19-7-11-22(12-8-19)25(32)30-24(15-28)26(33)31-34/h3-14,24,29,34H,15-17,28H2,(H,30,32)(H,31,33)/t24-/m0/s1. The van der Waals surface area contributed by atoms with Crippen molar-refractivity contribution in [3.8, 4) is 11.8 Å². The minimum absolute atomic E-state index is 0.148. The summed E-state index contributed by atoms with van der Waals surface area (Å²) in [6.45, 7) is 1.18. The Morgan fingerprint density at radius 1 is 0.853 bits per heavy atom. The topological polar surface area (TPSA) is 116 Å². The van der Waals surface area contributed by atoms with Crippen LogP contribution in [0.15, 0.2) is 72.8 Å². The lowest BCUT2D eigenvalue weighted by Crippen LogP contribution is -2.50. The Bertz CT molecular complexity index is 1170. The van der Waals surface area contributed by atoms with Crippen LogP contribution in [0.2, 0.25) is 0 Å². The highest BCUT2D eigenvalue weighted by Crippen LogP contribution is 2.07. The maximum Gasteiger partial charge on any atom is 0.267 e. The van der Waals surface area contributed by atoms with Crippen molar-refractivity contribution in [2.75, 3.05) is 6.54 Å². The van der Waals surface area contributed by atoms with Gasteiger partial charge in [0.1, 0.15) is 11.9 Å². The van der Waals surface area contributed by atoms with Crippen molar-refractivity contribution in [1.82, 2.24) is 16.1 Å². The third kappa shape index (κ3) is 7.25. The van der Waals surface area contributed by atoms with Gasteiger partial charge in [-0.3, -0.25) is 14.8 Å². The summed E-state index contributed by atoms with van der Waals surface area (Å²) in [6.07, 6.45) is 0. The Morgan fingerprint density at radius 2 is 1.35 bits per heavy atom. The van der Waals surface area contributed by atoms with Gasteiger partial charge >= 0.3 is 0 Å². The molecule has 3 aromatic carbocycles. The van der Waals surface area contributed by atoms with Gasteiger partial charge in [-0.2, -0.15) is 0 Å². The highest BCUT2D eigenvalue weighted by atomic mass is 19.1. The van der Waals surface area contributed by atoms with Crippen LogP contribution in [0.3, 0.4) is 0 Å². The molecule has 2 amide bonds. The highest BCUT2D eigenvalue weighted by molar-refractivity contribution is 5.97. The number of carbonyl (C=O) groups excluding carboxylic acids is 2. The molecule has 7 nitrogen and oxygen atoms in total. The van der Waals surface area contributed by atoms with E-state index < -0.39 is 17.9 Å². The fraction of sp³-hybridized carbons (Fsp3) is 0.154. The molecule has 0 unspecified atom stereocenters. The first kappa shape index (κ1) is 24.6. The monoisotopic (exact) mass is 460 g/mol. The molecule has 0 saturated heterocycles. The van der Waals surface area contributed by atoms with E-state index in [1.807, 2.05) is 24.3 Å². The summed E-state index contributed by atoms with van der Waals surface area (Å²) in [6, 6.07) is 19.8. The predicted octanol–water partition coefficient (Wildman–Crippen LogP) is 2.08. The zero-order valence-corrected chi connectivity index (χ0v) is 18.3. The molecule has 1 atom stereocenters. The van der Waals surface area contributed by atoms with Gasteiger partial charge in [0.2, 0.25) is 0 Å². The van der Waals surface area contributed by atoms with E-state index in [4.69, 9.17) is 10.9 Å². The normalized spacial score (nSPS) is 11.1. The first-order chi connectivity index (χ1) is 16.5. The van der Waals surface area contributed by atoms with E-state index >= 15 is 0 Å². The Kier molecular flexibility index (Phi) is 8.88. The van der Waals surface area contributed by atoms with Crippen molar-refractivity contribution >= 4 is 11.8 Å². The fourth-order valence-corrected chi connectivity index (χ4v) is 3.06. The SMILES string of the molecule is NC[C@H](NC(=O)c1ccc(C#Cc2ccc(CNCc3ccc(F)cc3)cc2)cc1)C(=O)NO. The zero-order valence-electron chi connectivity index (χ0n) is 18.3. The fourth-order valence-electron chi connectivity index (χ4n) is 3.06. The van der Waals surface area contributed by atoms with E-state index in [2.05, 4.69) is 22.5 Å². The number of hydrogen-bond donors (Lipinski definition) is 5.